The summed E-state index contributed by atoms with van der Waals surface area (Å²) in [6.45, 7) is 2.17. The molecule has 110 valence electrons. The second-order valence-corrected chi connectivity index (χ2v) is 5.45. The molecule has 6 heteroatoms. The average Bonchev–Trinajstić information content (AvgIpc) is 2.49. The van der Waals surface area contributed by atoms with Gasteiger partial charge >= 0.3 is 0 Å². The molecule has 20 heavy (non-hydrogen) atoms. The highest BCUT2D eigenvalue weighted by molar-refractivity contribution is 6.35. The first-order valence-electron chi connectivity index (χ1n) is 6.96. The predicted molar refractivity (Wildman–Crippen MR) is 78.4 cm³/mol. The van der Waals surface area contributed by atoms with E-state index in [1.165, 1.54) is 19.3 Å². The maximum Gasteiger partial charge on any atom is 0.233 e. The number of amidine groups is 1. The Morgan fingerprint density at radius 2 is 2.30 bits per heavy atom. The molecule has 1 heterocycles. The van der Waals surface area contributed by atoms with Crippen LogP contribution in [0.4, 0.5) is 0 Å². The van der Waals surface area contributed by atoms with E-state index in [9.17, 15) is 0 Å². The molecule has 5 nitrogen and oxygen atoms in total. The first kappa shape index (κ1) is 14.9. The normalized spacial score (nSPS) is 23.6. The molecular formula is C14H20ClN3O2. The van der Waals surface area contributed by atoms with Crippen molar-refractivity contribution in [1.82, 2.24) is 4.98 Å². The molecule has 3 N–H and O–H groups in total. The molecule has 1 fully saturated rings. The highest BCUT2D eigenvalue weighted by Gasteiger charge is 2.26. The van der Waals surface area contributed by atoms with Crippen LogP contribution in [-0.2, 0) is 0 Å². The molecule has 0 radical (unpaired) electrons. The van der Waals surface area contributed by atoms with Gasteiger partial charge in [0.25, 0.3) is 0 Å². The molecule has 2 atom stereocenters. The molecule has 0 saturated heterocycles. The summed E-state index contributed by atoms with van der Waals surface area (Å²) in [5, 5.41) is 12.0. The monoisotopic (exact) mass is 297 g/mol. The number of oxime groups is 1. The van der Waals surface area contributed by atoms with Crippen molar-refractivity contribution >= 4 is 17.4 Å². The summed E-state index contributed by atoms with van der Waals surface area (Å²) in [5.74, 6) is 0.855. The third kappa shape index (κ3) is 3.15. The van der Waals surface area contributed by atoms with E-state index in [1.54, 1.807) is 12.3 Å². The molecule has 2 rings (SSSR count). The van der Waals surface area contributed by atoms with Gasteiger partial charge in [-0.3, -0.25) is 0 Å². The lowest BCUT2D eigenvalue weighted by Gasteiger charge is -2.31. The summed E-state index contributed by atoms with van der Waals surface area (Å²) in [6.07, 6.45) is 7.40. The van der Waals surface area contributed by atoms with Crippen molar-refractivity contribution in [1.29, 1.82) is 0 Å². The number of halogens is 1. The lowest BCUT2D eigenvalue weighted by molar-refractivity contribution is 0.0859. The maximum atomic E-state index is 8.75. The zero-order valence-corrected chi connectivity index (χ0v) is 12.3. The summed E-state index contributed by atoms with van der Waals surface area (Å²) < 4.78 is 5.99. The van der Waals surface area contributed by atoms with Gasteiger partial charge in [0.2, 0.25) is 5.88 Å². The molecular weight excluding hydrogens is 278 g/mol. The molecule has 0 amide bonds. The van der Waals surface area contributed by atoms with E-state index >= 15 is 0 Å². The van der Waals surface area contributed by atoms with Crippen molar-refractivity contribution in [2.45, 2.75) is 45.1 Å². The van der Waals surface area contributed by atoms with E-state index in [1.807, 2.05) is 0 Å². The van der Waals surface area contributed by atoms with Crippen molar-refractivity contribution in [3.05, 3.63) is 22.8 Å². The van der Waals surface area contributed by atoms with Gasteiger partial charge in [0.1, 0.15) is 11.1 Å². The molecule has 1 saturated carbocycles. The Balaban J connectivity index is 2.21. The molecule has 0 bridgehead atoms. The summed E-state index contributed by atoms with van der Waals surface area (Å²) in [7, 11) is 0. The molecule has 1 aliphatic carbocycles. The number of pyridine rings is 1. The van der Waals surface area contributed by atoms with E-state index in [0.717, 1.165) is 12.8 Å². The van der Waals surface area contributed by atoms with Crippen molar-refractivity contribution in [3.63, 3.8) is 0 Å². The van der Waals surface area contributed by atoms with Gasteiger partial charge in [-0.2, -0.15) is 0 Å². The number of ether oxygens (including phenoxy) is 1. The van der Waals surface area contributed by atoms with E-state index in [4.69, 9.17) is 27.3 Å². The summed E-state index contributed by atoms with van der Waals surface area (Å²) in [4.78, 5) is 4.17. The van der Waals surface area contributed by atoms with Crippen LogP contribution in [-0.4, -0.2) is 22.1 Å². The Morgan fingerprint density at radius 1 is 1.55 bits per heavy atom. The average molecular weight is 298 g/mol. The zero-order chi connectivity index (χ0) is 14.5. The fourth-order valence-corrected chi connectivity index (χ4v) is 2.95. The van der Waals surface area contributed by atoms with Gasteiger partial charge in [0, 0.05) is 11.8 Å². The second kappa shape index (κ2) is 6.79. The Labute approximate surface area is 123 Å². The standard InChI is InChI=1S/C14H20ClN3O2/c1-2-9-5-3-4-6-11(9)20-14-12(15)10(7-8-17-14)13(16)18-19/h7-9,11,19H,2-6H2,1H3,(H2,16,18). The molecule has 0 aromatic carbocycles. The van der Waals surface area contributed by atoms with Crippen LogP contribution in [0.1, 0.15) is 44.6 Å². The van der Waals surface area contributed by atoms with E-state index in [0.29, 0.717) is 22.4 Å². The third-order valence-corrected chi connectivity index (χ3v) is 4.23. The van der Waals surface area contributed by atoms with Crippen LogP contribution in [0.15, 0.2) is 17.4 Å². The molecule has 0 spiro atoms. The predicted octanol–water partition coefficient (Wildman–Crippen LogP) is 3.18. The Kier molecular flexibility index (Phi) is 5.06. The van der Waals surface area contributed by atoms with Crippen molar-refractivity contribution < 1.29 is 9.94 Å². The van der Waals surface area contributed by atoms with Gasteiger partial charge in [0.15, 0.2) is 5.84 Å². The number of aromatic nitrogens is 1. The Hall–Kier alpha value is -1.49. The smallest absolute Gasteiger partial charge is 0.233 e. The number of nitrogens with two attached hydrogens (primary N) is 1. The topological polar surface area (TPSA) is 80.7 Å². The van der Waals surface area contributed by atoms with Crippen LogP contribution in [0.5, 0.6) is 5.88 Å². The van der Waals surface area contributed by atoms with Crippen molar-refractivity contribution in [3.8, 4) is 5.88 Å². The SMILES string of the molecule is CCC1CCCCC1Oc1nccc(/C(N)=N/O)c1Cl. The minimum Gasteiger partial charge on any atom is -0.473 e. The van der Waals surface area contributed by atoms with Crippen LogP contribution in [0, 0.1) is 5.92 Å². The van der Waals surface area contributed by atoms with Crippen LogP contribution in [0.3, 0.4) is 0 Å². The van der Waals surface area contributed by atoms with Gasteiger partial charge in [0.05, 0.1) is 0 Å². The first-order valence-corrected chi connectivity index (χ1v) is 7.34. The quantitative estimate of drug-likeness (QED) is 0.387. The van der Waals surface area contributed by atoms with Crippen LogP contribution in [0.2, 0.25) is 5.02 Å². The molecule has 1 aromatic rings. The van der Waals surface area contributed by atoms with Crippen LogP contribution >= 0.6 is 11.6 Å². The highest BCUT2D eigenvalue weighted by Crippen LogP contribution is 2.33. The van der Waals surface area contributed by atoms with Gasteiger partial charge in [-0.05, 0) is 37.7 Å². The van der Waals surface area contributed by atoms with Gasteiger partial charge in [-0.25, -0.2) is 4.98 Å². The minimum atomic E-state index is -0.0436. The lowest BCUT2D eigenvalue weighted by Crippen LogP contribution is -2.30. The number of nitrogens with zero attached hydrogens (tertiary/aromatic N) is 2. The second-order valence-electron chi connectivity index (χ2n) is 5.07. The van der Waals surface area contributed by atoms with Crippen molar-refractivity contribution in [2.75, 3.05) is 0 Å². The number of hydrogen-bond donors (Lipinski definition) is 2. The lowest BCUT2D eigenvalue weighted by atomic mass is 9.85. The fourth-order valence-electron chi connectivity index (χ4n) is 2.70. The Morgan fingerprint density at radius 3 is 3.00 bits per heavy atom. The van der Waals surface area contributed by atoms with Gasteiger partial charge in [-0.1, -0.05) is 30.1 Å². The van der Waals surface area contributed by atoms with Crippen LogP contribution < -0.4 is 10.5 Å². The largest absolute Gasteiger partial charge is 0.473 e. The molecule has 1 aliphatic rings. The van der Waals surface area contributed by atoms with Gasteiger partial charge in [-0.15, -0.1) is 0 Å². The fraction of sp³-hybridized carbons (Fsp3) is 0.571. The molecule has 0 aliphatic heterocycles. The van der Waals surface area contributed by atoms with Crippen molar-refractivity contribution in [2.24, 2.45) is 16.8 Å². The number of hydrogen-bond acceptors (Lipinski definition) is 4. The molecule has 2 unspecified atom stereocenters. The maximum absolute atomic E-state index is 8.75. The molecule has 1 aromatic heterocycles. The van der Waals surface area contributed by atoms with E-state index in [-0.39, 0.29) is 11.9 Å². The minimum absolute atomic E-state index is 0.0436. The summed E-state index contributed by atoms with van der Waals surface area (Å²) >= 11 is 6.23. The highest BCUT2D eigenvalue weighted by atomic mass is 35.5. The zero-order valence-electron chi connectivity index (χ0n) is 11.6. The third-order valence-electron chi connectivity index (χ3n) is 3.87. The summed E-state index contributed by atoms with van der Waals surface area (Å²) in [5.41, 5.74) is 6.02. The first-order chi connectivity index (χ1) is 9.67. The van der Waals surface area contributed by atoms with E-state index < -0.39 is 0 Å². The Bertz CT molecular complexity index is 493. The number of rotatable bonds is 4. The van der Waals surface area contributed by atoms with E-state index in [2.05, 4.69) is 17.1 Å². The van der Waals surface area contributed by atoms with Gasteiger partial charge < -0.3 is 15.7 Å². The summed E-state index contributed by atoms with van der Waals surface area (Å²) in [6, 6.07) is 1.60. The van der Waals surface area contributed by atoms with Crippen LogP contribution in [0.25, 0.3) is 0 Å².